The highest BCUT2D eigenvalue weighted by Crippen LogP contribution is 2.08. The van der Waals surface area contributed by atoms with Gasteiger partial charge in [-0.1, -0.05) is 48.8 Å². The molecule has 0 spiro atoms. The molecule has 1 aromatic carbocycles. The number of benzene rings is 1. The highest BCUT2D eigenvalue weighted by atomic mass is 79.9. The summed E-state index contributed by atoms with van der Waals surface area (Å²) in [7, 11) is 0. The third kappa shape index (κ3) is 8.32. The summed E-state index contributed by atoms with van der Waals surface area (Å²) in [5.74, 6) is 0.833. The second-order valence-corrected chi connectivity index (χ2v) is 4.67. The van der Waals surface area contributed by atoms with Crippen molar-refractivity contribution in [3.05, 3.63) is 34.3 Å². The van der Waals surface area contributed by atoms with Crippen molar-refractivity contribution in [1.82, 2.24) is 0 Å². The molecule has 1 nitrogen and oxygen atoms in total. The van der Waals surface area contributed by atoms with Crippen LogP contribution in [0.4, 0.5) is 0 Å². The second-order valence-electron chi connectivity index (χ2n) is 3.53. The van der Waals surface area contributed by atoms with Gasteiger partial charge >= 0.3 is 0 Å². The molecule has 1 aromatic rings. The van der Waals surface area contributed by atoms with E-state index in [1.54, 1.807) is 6.21 Å². The highest BCUT2D eigenvalue weighted by Gasteiger charge is 1.85. The average Bonchev–Trinajstić information content (AvgIpc) is 2.08. The zero-order valence-corrected chi connectivity index (χ0v) is 11.2. The van der Waals surface area contributed by atoms with Crippen LogP contribution >= 0.6 is 28.7 Å². The molecule has 0 N–H and O–H groups in total. The van der Waals surface area contributed by atoms with Gasteiger partial charge in [0.1, 0.15) is 0 Å². The SMILES string of the molecule is CC(C)C.S/N=C/c1ccc(Br)cc1. The van der Waals surface area contributed by atoms with Crippen LogP contribution in [0.3, 0.4) is 0 Å². The number of halogens is 1. The first-order valence-electron chi connectivity index (χ1n) is 4.49. The topological polar surface area (TPSA) is 12.4 Å². The van der Waals surface area contributed by atoms with Crippen LogP contribution in [0.5, 0.6) is 0 Å². The van der Waals surface area contributed by atoms with Gasteiger partial charge in [-0.25, -0.2) is 4.40 Å². The molecule has 1 rings (SSSR count). The molecule has 14 heavy (non-hydrogen) atoms. The first-order valence-corrected chi connectivity index (χ1v) is 5.68. The van der Waals surface area contributed by atoms with Gasteiger partial charge in [0.25, 0.3) is 0 Å². The van der Waals surface area contributed by atoms with E-state index in [1.165, 1.54) is 0 Å². The molecule has 0 aliphatic rings. The lowest BCUT2D eigenvalue weighted by Gasteiger charge is -1.90. The maximum atomic E-state index is 3.72. The van der Waals surface area contributed by atoms with E-state index >= 15 is 0 Å². The highest BCUT2D eigenvalue weighted by molar-refractivity contribution is 9.10. The van der Waals surface area contributed by atoms with E-state index in [-0.39, 0.29) is 0 Å². The number of hydrogen-bond acceptors (Lipinski definition) is 2. The van der Waals surface area contributed by atoms with E-state index < -0.39 is 0 Å². The minimum Gasteiger partial charge on any atom is -0.227 e. The average molecular weight is 274 g/mol. The summed E-state index contributed by atoms with van der Waals surface area (Å²) in [4.78, 5) is 0. The van der Waals surface area contributed by atoms with Gasteiger partial charge in [-0.15, -0.1) is 0 Å². The number of thiol groups is 1. The molecule has 0 amide bonds. The fraction of sp³-hybridized carbons (Fsp3) is 0.364. The van der Waals surface area contributed by atoms with Crippen LogP contribution in [0.15, 0.2) is 33.1 Å². The van der Waals surface area contributed by atoms with Crippen LogP contribution in [0.1, 0.15) is 26.3 Å². The lowest BCUT2D eigenvalue weighted by molar-refractivity contribution is 0.737. The molecule has 0 unspecified atom stereocenters. The summed E-state index contributed by atoms with van der Waals surface area (Å²) >= 11 is 7.05. The van der Waals surface area contributed by atoms with Crippen molar-refractivity contribution < 1.29 is 0 Å². The van der Waals surface area contributed by atoms with Crippen LogP contribution in [0.25, 0.3) is 0 Å². The van der Waals surface area contributed by atoms with Crippen molar-refractivity contribution in [2.75, 3.05) is 0 Å². The zero-order chi connectivity index (χ0) is 11.0. The molecule has 0 saturated carbocycles. The maximum Gasteiger partial charge on any atom is 0.0420 e. The Hall–Kier alpha value is -0.280. The molecule has 0 fully saturated rings. The fourth-order valence-electron chi connectivity index (χ4n) is 0.616. The first-order chi connectivity index (χ1) is 6.56. The lowest BCUT2D eigenvalue weighted by atomic mass is 10.2. The molecule has 0 radical (unpaired) electrons. The van der Waals surface area contributed by atoms with Gasteiger partial charge in [0.05, 0.1) is 0 Å². The molecule has 0 bridgehead atoms. The van der Waals surface area contributed by atoms with Crippen molar-refractivity contribution in [2.24, 2.45) is 10.3 Å². The van der Waals surface area contributed by atoms with Crippen LogP contribution in [0.2, 0.25) is 0 Å². The van der Waals surface area contributed by atoms with Crippen LogP contribution in [-0.4, -0.2) is 6.21 Å². The number of rotatable bonds is 1. The standard InChI is InChI=1S/C7H6BrNS.C4H10/c8-7-3-1-6(2-4-7)5-9-10;1-4(2)3/h1-5,10H;4H,1-3H3/b9-5+;. The Kier molecular flexibility index (Phi) is 7.90. The van der Waals surface area contributed by atoms with Gasteiger partial charge in [0.2, 0.25) is 0 Å². The normalized spacial score (nSPS) is 10.1. The quantitative estimate of drug-likeness (QED) is 0.576. The van der Waals surface area contributed by atoms with Gasteiger partial charge in [0, 0.05) is 10.7 Å². The van der Waals surface area contributed by atoms with Crippen molar-refractivity contribution >= 4 is 35.0 Å². The van der Waals surface area contributed by atoms with E-state index in [4.69, 9.17) is 0 Å². The van der Waals surface area contributed by atoms with E-state index in [0.29, 0.717) is 0 Å². The molecule has 0 saturated heterocycles. The van der Waals surface area contributed by atoms with Gasteiger partial charge in [-0.3, -0.25) is 0 Å². The van der Waals surface area contributed by atoms with Crippen molar-refractivity contribution in [1.29, 1.82) is 0 Å². The van der Waals surface area contributed by atoms with Crippen molar-refractivity contribution in [3.8, 4) is 0 Å². The van der Waals surface area contributed by atoms with Gasteiger partial charge in [-0.2, -0.15) is 0 Å². The van der Waals surface area contributed by atoms with E-state index in [0.717, 1.165) is 16.0 Å². The summed E-state index contributed by atoms with van der Waals surface area (Å²) in [5.41, 5.74) is 1.05. The second kappa shape index (κ2) is 8.06. The van der Waals surface area contributed by atoms with Gasteiger partial charge < -0.3 is 0 Å². The minimum absolute atomic E-state index is 0.833. The van der Waals surface area contributed by atoms with E-state index in [2.05, 4.69) is 53.9 Å². The lowest BCUT2D eigenvalue weighted by Crippen LogP contribution is -1.76. The van der Waals surface area contributed by atoms with E-state index in [9.17, 15) is 0 Å². The Labute approximate surface area is 100 Å². The van der Waals surface area contributed by atoms with Gasteiger partial charge in [0.15, 0.2) is 0 Å². The Morgan fingerprint density at radius 1 is 1.21 bits per heavy atom. The predicted molar refractivity (Wildman–Crippen MR) is 71.2 cm³/mol. The van der Waals surface area contributed by atoms with Crippen LogP contribution in [0, 0.1) is 5.92 Å². The molecule has 0 atom stereocenters. The van der Waals surface area contributed by atoms with Crippen molar-refractivity contribution in [2.45, 2.75) is 20.8 Å². The molecule has 3 heteroatoms. The molecule has 0 aliphatic heterocycles. The summed E-state index contributed by atoms with van der Waals surface area (Å²) in [5, 5.41) is 0. The molecule has 78 valence electrons. The van der Waals surface area contributed by atoms with E-state index in [1.807, 2.05) is 24.3 Å². The van der Waals surface area contributed by atoms with Gasteiger partial charge in [-0.05, 0) is 36.4 Å². The van der Waals surface area contributed by atoms with Crippen LogP contribution in [-0.2, 0) is 0 Å². The third-order valence-electron chi connectivity index (χ3n) is 1.08. The summed E-state index contributed by atoms with van der Waals surface area (Å²) in [6.07, 6.45) is 1.69. The zero-order valence-electron chi connectivity index (χ0n) is 8.74. The summed E-state index contributed by atoms with van der Waals surface area (Å²) < 4.78 is 4.66. The number of hydrogen-bond donors (Lipinski definition) is 1. The molecular weight excluding hydrogens is 258 g/mol. The largest absolute Gasteiger partial charge is 0.227 e. The summed E-state index contributed by atoms with van der Waals surface area (Å²) in [6, 6.07) is 7.85. The first kappa shape index (κ1) is 13.7. The fourth-order valence-corrected chi connectivity index (χ4v) is 1.01. The van der Waals surface area contributed by atoms with Crippen LogP contribution < -0.4 is 0 Å². The minimum atomic E-state index is 0.833. The predicted octanol–water partition coefficient (Wildman–Crippen LogP) is 4.38. The Balaban J connectivity index is 0.000000364. The number of nitrogens with zero attached hydrogens (tertiary/aromatic N) is 1. The maximum absolute atomic E-state index is 3.72. The monoisotopic (exact) mass is 273 g/mol. The summed E-state index contributed by atoms with van der Waals surface area (Å²) in [6.45, 7) is 6.50. The third-order valence-corrected chi connectivity index (χ3v) is 1.72. The van der Waals surface area contributed by atoms with Crippen molar-refractivity contribution in [3.63, 3.8) is 0 Å². The Morgan fingerprint density at radius 3 is 2.00 bits per heavy atom. The molecule has 0 aromatic heterocycles. The molecular formula is C11H16BrNS. The smallest absolute Gasteiger partial charge is 0.0420 e. The molecule has 0 aliphatic carbocycles. The molecule has 0 heterocycles. The Bertz CT molecular complexity index is 264. The Morgan fingerprint density at radius 2 is 1.64 bits per heavy atom.